The standard InChI is InChI=1S/C16H28F3N/c1-2-10-20-15(12-6-3-4-7-12)13-8-5-9-14(11-13)16(17,18)19/h12-15,20H,2-11H2,1H3. The van der Waals surface area contributed by atoms with Crippen LogP contribution in [0.15, 0.2) is 0 Å². The molecule has 0 aromatic carbocycles. The summed E-state index contributed by atoms with van der Waals surface area (Å²) in [6.07, 6.45) is 4.38. The first-order valence-corrected chi connectivity index (χ1v) is 8.32. The molecule has 1 nitrogen and oxygen atoms in total. The molecule has 0 heterocycles. The number of rotatable bonds is 5. The molecule has 3 atom stereocenters. The Morgan fingerprint density at radius 3 is 2.25 bits per heavy atom. The van der Waals surface area contributed by atoms with Crippen molar-refractivity contribution >= 4 is 0 Å². The van der Waals surface area contributed by atoms with Crippen molar-refractivity contribution in [1.29, 1.82) is 0 Å². The number of hydrogen-bond donors (Lipinski definition) is 1. The molecule has 2 aliphatic carbocycles. The molecule has 118 valence electrons. The van der Waals surface area contributed by atoms with E-state index < -0.39 is 12.1 Å². The second-order valence-corrected chi connectivity index (χ2v) is 6.69. The highest BCUT2D eigenvalue weighted by Crippen LogP contribution is 2.43. The summed E-state index contributed by atoms with van der Waals surface area (Å²) < 4.78 is 39.0. The lowest BCUT2D eigenvalue weighted by atomic mass is 9.73. The van der Waals surface area contributed by atoms with Crippen LogP contribution >= 0.6 is 0 Å². The molecule has 0 amide bonds. The van der Waals surface area contributed by atoms with Crippen LogP contribution in [0, 0.1) is 17.8 Å². The van der Waals surface area contributed by atoms with E-state index in [-0.39, 0.29) is 5.92 Å². The van der Waals surface area contributed by atoms with Crippen LogP contribution in [0.4, 0.5) is 13.2 Å². The maximum absolute atomic E-state index is 13.0. The summed E-state index contributed by atoms with van der Waals surface area (Å²) in [5.74, 6) is -0.225. The first-order valence-electron chi connectivity index (χ1n) is 8.32. The van der Waals surface area contributed by atoms with Gasteiger partial charge >= 0.3 is 6.18 Å². The molecule has 2 rings (SSSR count). The predicted octanol–water partition coefficient (Wildman–Crippen LogP) is 4.91. The molecule has 0 aromatic rings. The third-order valence-corrected chi connectivity index (χ3v) is 5.22. The normalized spacial score (nSPS) is 30.6. The van der Waals surface area contributed by atoms with Crippen molar-refractivity contribution in [2.45, 2.75) is 76.9 Å². The zero-order valence-corrected chi connectivity index (χ0v) is 12.5. The highest BCUT2D eigenvalue weighted by Gasteiger charge is 2.44. The molecule has 0 bridgehead atoms. The van der Waals surface area contributed by atoms with Crippen molar-refractivity contribution in [3.8, 4) is 0 Å². The average molecular weight is 291 g/mol. The third-order valence-electron chi connectivity index (χ3n) is 5.22. The molecule has 20 heavy (non-hydrogen) atoms. The van der Waals surface area contributed by atoms with Crippen LogP contribution < -0.4 is 5.32 Å². The van der Waals surface area contributed by atoms with Crippen molar-refractivity contribution < 1.29 is 13.2 Å². The van der Waals surface area contributed by atoms with Gasteiger partial charge in [-0.15, -0.1) is 0 Å². The van der Waals surface area contributed by atoms with Crippen LogP contribution in [0.2, 0.25) is 0 Å². The maximum atomic E-state index is 13.0. The summed E-state index contributed by atoms with van der Waals surface area (Å²) in [6.45, 7) is 3.06. The fraction of sp³-hybridized carbons (Fsp3) is 1.00. The van der Waals surface area contributed by atoms with Gasteiger partial charge in [0.15, 0.2) is 0 Å². The van der Waals surface area contributed by atoms with E-state index in [2.05, 4.69) is 12.2 Å². The Bertz CT molecular complexity index is 284. The molecule has 2 fully saturated rings. The van der Waals surface area contributed by atoms with E-state index in [0.29, 0.717) is 24.8 Å². The molecule has 0 saturated heterocycles. The van der Waals surface area contributed by atoms with Crippen LogP contribution in [-0.4, -0.2) is 18.8 Å². The molecule has 1 N–H and O–H groups in total. The summed E-state index contributed by atoms with van der Waals surface area (Å²) in [5.41, 5.74) is 0. The Labute approximate surface area is 120 Å². The predicted molar refractivity (Wildman–Crippen MR) is 75.5 cm³/mol. The Hall–Kier alpha value is -0.250. The molecular formula is C16H28F3N. The Morgan fingerprint density at radius 2 is 1.65 bits per heavy atom. The SMILES string of the molecule is CCCNC(C1CCCC1)C1CCCC(C(F)(F)F)C1. The van der Waals surface area contributed by atoms with Gasteiger partial charge in [0.25, 0.3) is 0 Å². The lowest BCUT2D eigenvalue weighted by Gasteiger charge is -2.38. The topological polar surface area (TPSA) is 12.0 Å². The molecule has 0 aliphatic heterocycles. The first-order chi connectivity index (χ1) is 9.52. The van der Waals surface area contributed by atoms with E-state index >= 15 is 0 Å². The van der Waals surface area contributed by atoms with Crippen molar-refractivity contribution in [1.82, 2.24) is 5.32 Å². The van der Waals surface area contributed by atoms with E-state index in [4.69, 9.17) is 0 Å². The molecule has 0 spiro atoms. The van der Waals surface area contributed by atoms with Crippen LogP contribution in [0.25, 0.3) is 0 Å². The van der Waals surface area contributed by atoms with Crippen molar-refractivity contribution in [2.75, 3.05) is 6.54 Å². The molecule has 4 heteroatoms. The Balaban J connectivity index is 1.99. The molecule has 2 aliphatic rings. The van der Waals surface area contributed by atoms with Crippen LogP contribution in [0.3, 0.4) is 0 Å². The third kappa shape index (κ3) is 4.12. The lowest BCUT2D eigenvalue weighted by Crippen LogP contribution is -2.45. The lowest BCUT2D eigenvalue weighted by molar-refractivity contribution is -0.187. The van der Waals surface area contributed by atoms with Gasteiger partial charge in [-0.1, -0.05) is 26.2 Å². The molecule has 0 aromatic heterocycles. The minimum absolute atomic E-state index is 0.227. The van der Waals surface area contributed by atoms with Crippen molar-refractivity contribution in [3.05, 3.63) is 0 Å². The molecule has 3 unspecified atom stereocenters. The summed E-state index contributed by atoms with van der Waals surface area (Å²) in [7, 11) is 0. The van der Waals surface area contributed by atoms with Crippen LogP contribution in [-0.2, 0) is 0 Å². The van der Waals surface area contributed by atoms with Gasteiger partial charge in [0.1, 0.15) is 0 Å². The summed E-state index contributed by atoms with van der Waals surface area (Å²) in [6, 6.07) is 0.322. The second kappa shape index (κ2) is 7.15. The zero-order valence-electron chi connectivity index (χ0n) is 12.5. The largest absolute Gasteiger partial charge is 0.391 e. The van der Waals surface area contributed by atoms with Gasteiger partial charge in [-0.05, 0) is 56.9 Å². The van der Waals surface area contributed by atoms with Gasteiger partial charge in [-0.2, -0.15) is 13.2 Å². The number of hydrogen-bond acceptors (Lipinski definition) is 1. The van der Waals surface area contributed by atoms with E-state index in [0.717, 1.165) is 25.8 Å². The summed E-state index contributed by atoms with van der Waals surface area (Å²) in [5, 5.41) is 3.59. The second-order valence-electron chi connectivity index (χ2n) is 6.69. The van der Waals surface area contributed by atoms with E-state index in [1.165, 1.54) is 25.7 Å². The average Bonchev–Trinajstić information content (AvgIpc) is 2.92. The number of halogens is 3. The fourth-order valence-electron chi connectivity index (χ4n) is 4.20. The zero-order chi connectivity index (χ0) is 14.6. The van der Waals surface area contributed by atoms with Crippen molar-refractivity contribution in [2.24, 2.45) is 17.8 Å². The van der Waals surface area contributed by atoms with Gasteiger partial charge in [-0.25, -0.2) is 0 Å². The first kappa shape index (κ1) is 16.1. The Morgan fingerprint density at radius 1 is 1.00 bits per heavy atom. The van der Waals surface area contributed by atoms with Gasteiger partial charge in [0.05, 0.1) is 5.92 Å². The minimum Gasteiger partial charge on any atom is -0.313 e. The van der Waals surface area contributed by atoms with Gasteiger partial charge in [0, 0.05) is 6.04 Å². The smallest absolute Gasteiger partial charge is 0.313 e. The van der Waals surface area contributed by atoms with Gasteiger partial charge < -0.3 is 5.32 Å². The van der Waals surface area contributed by atoms with E-state index in [1.54, 1.807) is 0 Å². The molecule has 2 saturated carbocycles. The summed E-state index contributed by atoms with van der Waals surface area (Å²) in [4.78, 5) is 0. The number of alkyl halides is 3. The van der Waals surface area contributed by atoms with Gasteiger partial charge in [0.2, 0.25) is 0 Å². The molecular weight excluding hydrogens is 263 g/mol. The summed E-state index contributed by atoms with van der Waals surface area (Å²) >= 11 is 0. The highest BCUT2D eigenvalue weighted by atomic mass is 19.4. The Kier molecular flexibility index (Phi) is 5.76. The minimum atomic E-state index is -4.00. The quantitative estimate of drug-likeness (QED) is 0.758. The fourth-order valence-corrected chi connectivity index (χ4v) is 4.20. The van der Waals surface area contributed by atoms with E-state index in [9.17, 15) is 13.2 Å². The number of nitrogens with one attached hydrogen (secondary N) is 1. The van der Waals surface area contributed by atoms with Crippen molar-refractivity contribution in [3.63, 3.8) is 0 Å². The van der Waals surface area contributed by atoms with E-state index in [1.807, 2.05) is 0 Å². The van der Waals surface area contributed by atoms with Gasteiger partial charge in [-0.3, -0.25) is 0 Å². The van der Waals surface area contributed by atoms with Crippen LogP contribution in [0.1, 0.15) is 64.7 Å². The molecule has 0 radical (unpaired) electrons. The van der Waals surface area contributed by atoms with Crippen LogP contribution in [0.5, 0.6) is 0 Å². The highest BCUT2D eigenvalue weighted by molar-refractivity contribution is 4.90. The monoisotopic (exact) mass is 291 g/mol. The maximum Gasteiger partial charge on any atom is 0.391 e.